The van der Waals surface area contributed by atoms with Crippen LogP contribution in [0.2, 0.25) is 0 Å². The van der Waals surface area contributed by atoms with Crippen LogP contribution in [0.15, 0.2) is 22.7 Å². The van der Waals surface area contributed by atoms with Crippen molar-refractivity contribution in [3.05, 3.63) is 34.1 Å². The predicted octanol–water partition coefficient (Wildman–Crippen LogP) is 2.95. The number of halogens is 3. The summed E-state index contributed by atoms with van der Waals surface area (Å²) >= 11 is 8.60. The number of nitrogens with one attached hydrogen (secondary N) is 1. The molecular weight excluding hydrogens is 284 g/mol. The van der Waals surface area contributed by atoms with Gasteiger partial charge < -0.3 is 5.32 Å². The molecular formula is C10H10BrClFNO. The monoisotopic (exact) mass is 293 g/mol. The SMILES string of the molecule is O=C(NCCCCl)c1ccc(F)cc1Br. The molecule has 1 amide bonds. The van der Waals surface area contributed by atoms with Gasteiger partial charge in [-0.3, -0.25) is 4.79 Å². The average Bonchev–Trinajstić information content (AvgIpc) is 2.17. The molecule has 0 aromatic heterocycles. The van der Waals surface area contributed by atoms with Crippen molar-refractivity contribution in [1.82, 2.24) is 5.32 Å². The predicted molar refractivity (Wildman–Crippen MR) is 61.8 cm³/mol. The second-order valence-electron chi connectivity index (χ2n) is 2.92. The van der Waals surface area contributed by atoms with Crippen LogP contribution in [0.4, 0.5) is 4.39 Å². The van der Waals surface area contributed by atoms with Crippen molar-refractivity contribution in [2.24, 2.45) is 0 Å². The summed E-state index contributed by atoms with van der Waals surface area (Å²) in [4.78, 5) is 11.5. The highest BCUT2D eigenvalue weighted by molar-refractivity contribution is 9.10. The van der Waals surface area contributed by atoms with Gasteiger partial charge in [0.2, 0.25) is 0 Å². The number of carbonyl (C=O) groups excluding carboxylic acids is 1. The van der Waals surface area contributed by atoms with Crippen LogP contribution in [0.3, 0.4) is 0 Å². The Morgan fingerprint density at radius 2 is 2.27 bits per heavy atom. The molecule has 0 saturated carbocycles. The third kappa shape index (κ3) is 3.80. The Morgan fingerprint density at radius 1 is 1.53 bits per heavy atom. The number of alkyl halides is 1. The van der Waals surface area contributed by atoms with Crippen LogP contribution in [-0.2, 0) is 0 Å². The summed E-state index contributed by atoms with van der Waals surface area (Å²) in [5.74, 6) is -0.101. The van der Waals surface area contributed by atoms with Crippen LogP contribution in [0.1, 0.15) is 16.8 Å². The van der Waals surface area contributed by atoms with Crippen molar-refractivity contribution in [2.45, 2.75) is 6.42 Å². The lowest BCUT2D eigenvalue weighted by Crippen LogP contribution is -2.25. The van der Waals surface area contributed by atoms with Crippen molar-refractivity contribution in [3.8, 4) is 0 Å². The van der Waals surface area contributed by atoms with Gasteiger partial charge in [-0.15, -0.1) is 11.6 Å². The molecule has 1 N–H and O–H groups in total. The third-order valence-corrected chi connectivity index (χ3v) is 2.70. The van der Waals surface area contributed by atoms with Crippen LogP contribution in [0.5, 0.6) is 0 Å². The molecule has 0 unspecified atom stereocenters. The fourth-order valence-electron chi connectivity index (χ4n) is 1.04. The van der Waals surface area contributed by atoms with Crippen LogP contribution in [0.25, 0.3) is 0 Å². The highest BCUT2D eigenvalue weighted by atomic mass is 79.9. The van der Waals surface area contributed by atoms with E-state index in [-0.39, 0.29) is 11.7 Å². The summed E-state index contributed by atoms with van der Waals surface area (Å²) in [6, 6.07) is 3.95. The summed E-state index contributed by atoms with van der Waals surface area (Å²) in [6.45, 7) is 0.520. The van der Waals surface area contributed by atoms with Gasteiger partial charge in [-0.2, -0.15) is 0 Å². The molecule has 0 aliphatic rings. The van der Waals surface area contributed by atoms with E-state index in [2.05, 4.69) is 21.2 Å². The Bertz CT molecular complexity index is 359. The largest absolute Gasteiger partial charge is 0.352 e. The number of hydrogen-bond donors (Lipinski definition) is 1. The van der Waals surface area contributed by atoms with Crippen molar-refractivity contribution in [2.75, 3.05) is 12.4 Å². The van der Waals surface area contributed by atoms with E-state index in [1.54, 1.807) is 0 Å². The number of benzene rings is 1. The molecule has 0 spiro atoms. The minimum absolute atomic E-state index is 0.230. The van der Waals surface area contributed by atoms with E-state index >= 15 is 0 Å². The highest BCUT2D eigenvalue weighted by Crippen LogP contribution is 2.17. The highest BCUT2D eigenvalue weighted by Gasteiger charge is 2.09. The van der Waals surface area contributed by atoms with E-state index in [4.69, 9.17) is 11.6 Å². The van der Waals surface area contributed by atoms with E-state index in [0.29, 0.717) is 28.9 Å². The van der Waals surface area contributed by atoms with Gasteiger partial charge in [-0.25, -0.2) is 4.39 Å². The van der Waals surface area contributed by atoms with Crippen LogP contribution in [-0.4, -0.2) is 18.3 Å². The van der Waals surface area contributed by atoms with Crippen LogP contribution < -0.4 is 5.32 Å². The number of carbonyl (C=O) groups is 1. The first-order chi connectivity index (χ1) is 7.15. The summed E-state index contributed by atoms with van der Waals surface area (Å²) in [7, 11) is 0. The third-order valence-electron chi connectivity index (χ3n) is 1.77. The lowest BCUT2D eigenvalue weighted by molar-refractivity contribution is 0.0953. The van der Waals surface area contributed by atoms with Crippen molar-refractivity contribution >= 4 is 33.4 Å². The van der Waals surface area contributed by atoms with Gasteiger partial charge in [0.25, 0.3) is 5.91 Å². The van der Waals surface area contributed by atoms with Gasteiger partial charge in [-0.05, 0) is 40.5 Å². The first kappa shape index (κ1) is 12.5. The zero-order valence-electron chi connectivity index (χ0n) is 7.90. The molecule has 0 atom stereocenters. The lowest BCUT2D eigenvalue weighted by atomic mass is 10.2. The second-order valence-corrected chi connectivity index (χ2v) is 4.15. The van der Waals surface area contributed by atoms with Crippen molar-refractivity contribution in [3.63, 3.8) is 0 Å². The molecule has 1 aromatic rings. The van der Waals surface area contributed by atoms with E-state index in [1.807, 2.05) is 0 Å². The maximum atomic E-state index is 12.7. The number of rotatable bonds is 4. The Balaban J connectivity index is 2.65. The number of hydrogen-bond acceptors (Lipinski definition) is 1. The molecule has 0 aliphatic carbocycles. The van der Waals surface area contributed by atoms with Crippen molar-refractivity contribution in [1.29, 1.82) is 0 Å². The fraction of sp³-hybridized carbons (Fsp3) is 0.300. The molecule has 1 rings (SSSR count). The normalized spacial score (nSPS) is 10.1. The van der Waals surface area contributed by atoms with E-state index in [0.717, 1.165) is 0 Å². The molecule has 1 aromatic carbocycles. The summed E-state index contributed by atoms with van der Waals surface area (Å²) in [6.07, 6.45) is 0.714. The first-order valence-corrected chi connectivity index (χ1v) is 5.77. The second kappa shape index (κ2) is 6.08. The van der Waals surface area contributed by atoms with Gasteiger partial charge in [0.05, 0.1) is 5.56 Å². The standard InChI is InChI=1S/C10H10BrClFNO/c11-9-6-7(13)2-3-8(9)10(15)14-5-1-4-12/h2-3,6H,1,4-5H2,(H,14,15). The maximum absolute atomic E-state index is 12.7. The molecule has 0 aliphatic heterocycles. The van der Waals surface area contributed by atoms with Gasteiger partial charge in [-0.1, -0.05) is 0 Å². The smallest absolute Gasteiger partial charge is 0.252 e. The Labute approximate surface area is 101 Å². The lowest BCUT2D eigenvalue weighted by Gasteiger charge is -2.05. The Kier molecular flexibility index (Phi) is 5.05. The molecule has 82 valence electrons. The molecule has 0 heterocycles. The Hall–Kier alpha value is -0.610. The van der Waals surface area contributed by atoms with Crippen LogP contribution in [0, 0.1) is 5.82 Å². The van der Waals surface area contributed by atoms with E-state index in [1.165, 1.54) is 18.2 Å². The summed E-state index contributed by atoms with van der Waals surface area (Å²) in [5, 5.41) is 2.68. The molecule has 15 heavy (non-hydrogen) atoms. The summed E-state index contributed by atoms with van der Waals surface area (Å²) in [5.41, 5.74) is 0.422. The maximum Gasteiger partial charge on any atom is 0.252 e. The summed E-state index contributed by atoms with van der Waals surface area (Å²) < 4.78 is 13.2. The number of amides is 1. The zero-order chi connectivity index (χ0) is 11.3. The van der Waals surface area contributed by atoms with Gasteiger partial charge in [0.1, 0.15) is 5.82 Å². The quantitative estimate of drug-likeness (QED) is 0.671. The van der Waals surface area contributed by atoms with Gasteiger partial charge >= 0.3 is 0 Å². The average molecular weight is 295 g/mol. The molecule has 0 bridgehead atoms. The van der Waals surface area contributed by atoms with Gasteiger partial charge in [0.15, 0.2) is 0 Å². The molecule has 0 radical (unpaired) electrons. The molecule has 5 heteroatoms. The molecule has 2 nitrogen and oxygen atoms in total. The molecule has 0 fully saturated rings. The van der Waals surface area contributed by atoms with E-state index in [9.17, 15) is 9.18 Å². The minimum atomic E-state index is -0.376. The Morgan fingerprint density at radius 3 is 2.87 bits per heavy atom. The zero-order valence-corrected chi connectivity index (χ0v) is 10.2. The van der Waals surface area contributed by atoms with Crippen molar-refractivity contribution < 1.29 is 9.18 Å². The van der Waals surface area contributed by atoms with Gasteiger partial charge in [0, 0.05) is 16.9 Å². The fourth-order valence-corrected chi connectivity index (χ4v) is 1.70. The topological polar surface area (TPSA) is 29.1 Å². The van der Waals surface area contributed by atoms with E-state index < -0.39 is 0 Å². The minimum Gasteiger partial charge on any atom is -0.352 e. The molecule has 0 saturated heterocycles. The first-order valence-electron chi connectivity index (χ1n) is 4.44. The van der Waals surface area contributed by atoms with Crippen LogP contribution >= 0.6 is 27.5 Å².